The monoisotopic (exact) mass is 252 g/mol. The summed E-state index contributed by atoms with van der Waals surface area (Å²) in [6.45, 7) is 0.995. The summed E-state index contributed by atoms with van der Waals surface area (Å²) in [5.74, 6) is 0. The number of benzene rings is 1. The largest absolute Gasteiger partial charge is 0.326 e. The summed E-state index contributed by atoms with van der Waals surface area (Å²) in [6, 6.07) is 7.56. The van der Waals surface area contributed by atoms with Crippen LogP contribution in [0.4, 0.5) is 8.78 Å². The van der Waals surface area contributed by atoms with E-state index in [1.165, 1.54) is 18.9 Å². The molecule has 98 valence electrons. The van der Waals surface area contributed by atoms with Crippen LogP contribution in [-0.4, -0.2) is 23.5 Å². The normalized spacial score (nSPS) is 29.1. The Labute approximate surface area is 106 Å². The van der Waals surface area contributed by atoms with Crippen LogP contribution >= 0.6 is 0 Å². The third-order valence-corrected chi connectivity index (χ3v) is 4.00. The molecule has 0 radical (unpaired) electrons. The molecule has 2 unspecified atom stereocenters. The molecule has 3 rings (SSSR count). The van der Waals surface area contributed by atoms with Gasteiger partial charge in [-0.1, -0.05) is 18.2 Å². The smallest absolute Gasteiger partial charge is 0.263 e. The topological polar surface area (TPSA) is 29.3 Å². The predicted molar refractivity (Wildman–Crippen MR) is 66.5 cm³/mol. The van der Waals surface area contributed by atoms with E-state index in [1.54, 1.807) is 12.1 Å². The number of hydrogen-bond donors (Lipinski definition) is 1. The van der Waals surface area contributed by atoms with Gasteiger partial charge in [-0.2, -0.15) is 0 Å². The first-order valence-electron chi connectivity index (χ1n) is 6.56. The summed E-state index contributed by atoms with van der Waals surface area (Å²) in [5.41, 5.74) is 7.21. The van der Waals surface area contributed by atoms with Gasteiger partial charge in [0.05, 0.1) is 6.04 Å². The van der Waals surface area contributed by atoms with Crippen LogP contribution in [0.2, 0.25) is 0 Å². The maximum absolute atomic E-state index is 12.8. The Morgan fingerprint density at radius 2 is 2.00 bits per heavy atom. The van der Waals surface area contributed by atoms with Crippen molar-refractivity contribution in [2.75, 3.05) is 6.54 Å². The zero-order chi connectivity index (χ0) is 12.7. The lowest BCUT2D eigenvalue weighted by molar-refractivity contribution is 0.151. The van der Waals surface area contributed by atoms with Gasteiger partial charge in [-0.3, -0.25) is 4.90 Å². The summed E-state index contributed by atoms with van der Waals surface area (Å²) in [4.78, 5) is 2.40. The van der Waals surface area contributed by atoms with Crippen molar-refractivity contribution >= 4 is 0 Å². The molecule has 0 aromatic heterocycles. The third kappa shape index (κ3) is 2.15. The number of nitrogens with two attached hydrogens (primary N) is 1. The highest BCUT2D eigenvalue weighted by Gasteiger charge is 2.41. The van der Waals surface area contributed by atoms with E-state index >= 15 is 0 Å². The Bertz CT molecular complexity index is 432. The summed E-state index contributed by atoms with van der Waals surface area (Å²) in [6.07, 6.45) is 0.993. The lowest BCUT2D eigenvalue weighted by Gasteiger charge is -2.27. The van der Waals surface area contributed by atoms with E-state index in [4.69, 9.17) is 5.73 Å². The van der Waals surface area contributed by atoms with Gasteiger partial charge in [0.2, 0.25) is 0 Å². The first kappa shape index (κ1) is 12.1. The molecule has 1 aromatic rings. The average Bonchev–Trinajstić information content (AvgIpc) is 3.13. The van der Waals surface area contributed by atoms with Gasteiger partial charge in [0, 0.05) is 24.2 Å². The van der Waals surface area contributed by atoms with Gasteiger partial charge in [-0.25, -0.2) is 8.78 Å². The zero-order valence-electron chi connectivity index (χ0n) is 10.2. The van der Waals surface area contributed by atoms with Gasteiger partial charge >= 0.3 is 0 Å². The minimum absolute atomic E-state index is 0.0681. The molecule has 18 heavy (non-hydrogen) atoms. The first-order chi connectivity index (χ1) is 8.66. The molecule has 0 spiro atoms. The van der Waals surface area contributed by atoms with Crippen molar-refractivity contribution in [1.82, 2.24) is 4.90 Å². The quantitative estimate of drug-likeness (QED) is 0.896. The first-order valence-corrected chi connectivity index (χ1v) is 6.56. The lowest BCUT2D eigenvalue weighted by Crippen LogP contribution is -2.33. The molecule has 1 aromatic carbocycles. The fourth-order valence-corrected chi connectivity index (χ4v) is 2.97. The number of hydrogen-bond acceptors (Lipinski definition) is 2. The van der Waals surface area contributed by atoms with E-state index in [1.807, 2.05) is 6.07 Å². The van der Waals surface area contributed by atoms with Crippen LogP contribution in [0.3, 0.4) is 0 Å². The molecule has 2 fully saturated rings. The van der Waals surface area contributed by atoms with E-state index in [0.717, 1.165) is 18.5 Å². The third-order valence-electron chi connectivity index (χ3n) is 4.00. The molecule has 1 saturated carbocycles. The number of alkyl halides is 2. The number of rotatable bonds is 3. The van der Waals surface area contributed by atoms with E-state index in [2.05, 4.69) is 4.90 Å². The molecule has 2 N–H and O–H groups in total. The van der Waals surface area contributed by atoms with Crippen LogP contribution < -0.4 is 5.73 Å². The van der Waals surface area contributed by atoms with Gasteiger partial charge in [0.15, 0.2) is 0 Å². The van der Waals surface area contributed by atoms with E-state index < -0.39 is 6.43 Å². The van der Waals surface area contributed by atoms with Crippen molar-refractivity contribution in [1.29, 1.82) is 0 Å². The molecule has 0 bridgehead atoms. The van der Waals surface area contributed by atoms with E-state index in [-0.39, 0.29) is 17.6 Å². The minimum Gasteiger partial charge on any atom is -0.326 e. The van der Waals surface area contributed by atoms with Gasteiger partial charge in [-0.05, 0) is 30.9 Å². The van der Waals surface area contributed by atoms with Crippen molar-refractivity contribution < 1.29 is 8.78 Å². The molecule has 2 nitrogen and oxygen atoms in total. The van der Waals surface area contributed by atoms with Crippen molar-refractivity contribution in [3.63, 3.8) is 0 Å². The second-order valence-electron chi connectivity index (χ2n) is 5.34. The lowest BCUT2D eigenvalue weighted by atomic mass is 9.99. The summed E-state index contributed by atoms with van der Waals surface area (Å²) < 4.78 is 25.5. The highest BCUT2D eigenvalue weighted by molar-refractivity contribution is 5.29. The minimum atomic E-state index is -2.41. The molecule has 1 aliphatic carbocycles. The number of halogens is 2. The van der Waals surface area contributed by atoms with Crippen LogP contribution in [0.25, 0.3) is 0 Å². The number of nitrogens with zero attached hydrogens (tertiary/aromatic N) is 1. The zero-order valence-corrected chi connectivity index (χ0v) is 10.2. The van der Waals surface area contributed by atoms with E-state index in [0.29, 0.717) is 6.04 Å². The second kappa shape index (κ2) is 4.59. The molecule has 2 aliphatic rings. The Morgan fingerprint density at radius 3 is 2.67 bits per heavy atom. The van der Waals surface area contributed by atoms with Crippen LogP contribution in [0.15, 0.2) is 24.3 Å². The molecule has 0 amide bonds. The van der Waals surface area contributed by atoms with Crippen molar-refractivity contribution in [3.05, 3.63) is 35.4 Å². The van der Waals surface area contributed by atoms with Crippen LogP contribution in [-0.2, 0) is 0 Å². The molecule has 1 heterocycles. The molecule has 1 aliphatic heterocycles. The fraction of sp³-hybridized carbons (Fsp3) is 0.571. The molecular weight excluding hydrogens is 234 g/mol. The highest BCUT2D eigenvalue weighted by Crippen LogP contribution is 2.40. The standard InChI is InChI=1S/C14H18F2N2/c15-14(16)10-3-1-2-9(8-10)13-12(17)6-7-18(13)11-4-5-11/h1-3,8,11-14H,4-7,17H2. The maximum atomic E-state index is 12.8. The highest BCUT2D eigenvalue weighted by atomic mass is 19.3. The molecular formula is C14H18F2N2. The van der Waals surface area contributed by atoms with Gasteiger partial charge in [-0.15, -0.1) is 0 Å². The Hall–Kier alpha value is -1.00. The number of likely N-dealkylation sites (tertiary alicyclic amines) is 1. The Kier molecular flexibility index (Phi) is 3.08. The second-order valence-corrected chi connectivity index (χ2v) is 5.34. The Balaban J connectivity index is 1.89. The fourth-order valence-electron chi connectivity index (χ4n) is 2.97. The van der Waals surface area contributed by atoms with Crippen LogP contribution in [0.1, 0.15) is 42.9 Å². The van der Waals surface area contributed by atoms with Gasteiger partial charge in [0.1, 0.15) is 0 Å². The summed E-state index contributed by atoms with van der Waals surface area (Å²) >= 11 is 0. The SMILES string of the molecule is NC1CCN(C2CC2)C1c1cccc(C(F)F)c1. The maximum Gasteiger partial charge on any atom is 0.263 e. The van der Waals surface area contributed by atoms with Crippen molar-refractivity contribution in [2.24, 2.45) is 5.73 Å². The summed E-state index contributed by atoms with van der Waals surface area (Å²) in [7, 11) is 0. The van der Waals surface area contributed by atoms with Crippen molar-refractivity contribution in [2.45, 2.75) is 43.8 Å². The molecule has 2 atom stereocenters. The molecule has 4 heteroatoms. The van der Waals surface area contributed by atoms with Gasteiger partial charge < -0.3 is 5.73 Å². The summed E-state index contributed by atoms with van der Waals surface area (Å²) in [5, 5.41) is 0. The van der Waals surface area contributed by atoms with Crippen LogP contribution in [0, 0.1) is 0 Å². The predicted octanol–water partition coefficient (Wildman–Crippen LogP) is 2.86. The van der Waals surface area contributed by atoms with Crippen LogP contribution in [0.5, 0.6) is 0 Å². The molecule has 1 saturated heterocycles. The van der Waals surface area contributed by atoms with Crippen molar-refractivity contribution in [3.8, 4) is 0 Å². The Morgan fingerprint density at radius 1 is 1.22 bits per heavy atom. The average molecular weight is 252 g/mol. The van der Waals surface area contributed by atoms with E-state index in [9.17, 15) is 8.78 Å². The van der Waals surface area contributed by atoms with Gasteiger partial charge in [0.25, 0.3) is 6.43 Å².